The van der Waals surface area contributed by atoms with E-state index in [1.54, 1.807) is 6.20 Å². The van der Waals surface area contributed by atoms with Crippen LogP contribution in [0.1, 0.15) is 42.5 Å². The summed E-state index contributed by atoms with van der Waals surface area (Å²) in [4.78, 5) is 12.4. The first-order valence-corrected chi connectivity index (χ1v) is 6.98. The average Bonchev–Trinajstić information content (AvgIpc) is 3.02. The molecule has 3 nitrogen and oxygen atoms in total. The van der Waals surface area contributed by atoms with Gasteiger partial charge in [-0.05, 0) is 24.5 Å². The van der Waals surface area contributed by atoms with Crippen molar-refractivity contribution in [2.24, 2.45) is 5.92 Å². The topological polar surface area (TPSA) is 45.8 Å². The summed E-state index contributed by atoms with van der Waals surface area (Å²) in [5, 5.41) is 6.87. The molecule has 0 unspecified atom stereocenters. The first kappa shape index (κ1) is 12.2. The summed E-state index contributed by atoms with van der Waals surface area (Å²) in [5.74, 6) is 0.558. The van der Waals surface area contributed by atoms with Gasteiger partial charge in [-0.1, -0.05) is 43.5 Å². The normalized spacial score (nSPS) is 16.4. The van der Waals surface area contributed by atoms with E-state index in [9.17, 15) is 4.79 Å². The Hall–Kier alpha value is -1.90. The van der Waals surface area contributed by atoms with Crippen LogP contribution < -0.4 is 0 Å². The first-order chi connectivity index (χ1) is 9.34. The number of ketones is 1. The molecule has 3 rings (SSSR count). The molecule has 1 aliphatic carbocycles. The Kier molecular flexibility index (Phi) is 3.45. The summed E-state index contributed by atoms with van der Waals surface area (Å²) in [6.45, 7) is 0. The van der Waals surface area contributed by atoms with E-state index in [2.05, 4.69) is 10.2 Å². The standard InChI is InChI=1S/C16H18N2O/c19-16(13-4-2-1-3-5-13)14-8-6-12(7-9-14)15-10-11-17-18-15/h6-11,13H,1-5H2,(H,17,18). The van der Waals surface area contributed by atoms with Gasteiger partial charge < -0.3 is 0 Å². The minimum atomic E-state index is 0.242. The predicted octanol–water partition coefficient (Wildman–Crippen LogP) is 3.84. The summed E-state index contributed by atoms with van der Waals surface area (Å²) < 4.78 is 0. The van der Waals surface area contributed by atoms with E-state index in [1.165, 1.54) is 19.3 Å². The Balaban J connectivity index is 1.76. The highest BCUT2D eigenvalue weighted by Gasteiger charge is 2.22. The highest BCUT2D eigenvalue weighted by molar-refractivity contribution is 5.98. The lowest BCUT2D eigenvalue weighted by Gasteiger charge is -2.20. The maximum atomic E-state index is 12.4. The SMILES string of the molecule is O=C(c1ccc(-c2ccn[nH]2)cc1)C1CCCCC1. The lowest BCUT2D eigenvalue weighted by molar-refractivity contribution is 0.0889. The lowest BCUT2D eigenvalue weighted by Crippen LogP contribution is -2.17. The number of nitrogens with one attached hydrogen (secondary N) is 1. The summed E-state index contributed by atoms with van der Waals surface area (Å²) in [6.07, 6.45) is 7.52. The van der Waals surface area contributed by atoms with Crippen LogP contribution in [-0.2, 0) is 0 Å². The van der Waals surface area contributed by atoms with Crippen molar-refractivity contribution in [3.05, 3.63) is 42.1 Å². The highest BCUT2D eigenvalue weighted by Crippen LogP contribution is 2.27. The van der Waals surface area contributed by atoms with Gasteiger partial charge in [0, 0.05) is 17.7 Å². The molecular formula is C16H18N2O. The number of Topliss-reactive ketones (excluding diaryl/α,β-unsaturated/α-hetero) is 1. The monoisotopic (exact) mass is 254 g/mol. The van der Waals surface area contributed by atoms with Crippen LogP contribution >= 0.6 is 0 Å². The number of carbonyl (C=O) groups is 1. The van der Waals surface area contributed by atoms with E-state index in [4.69, 9.17) is 0 Å². The number of hydrogen-bond acceptors (Lipinski definition) is 2. The molecule has 0 radical (unpaired) electrons. The number of aromatic nitrogens is 2. The number of nitrogens with zero attached hydrogens (tertiary/aromatic N) is 1. The Bertz CT molecular complexity index is 537. The van der Waals surface area contributed by atoms with Crippen LogP contribution in [0.15, 0.2) is 36.5 Å². The molecule has 1 aromatic heterocycles. The summed E-state index contributed by atoms with van der Waals surface area (Å²) in [5.41, 5.74) is 2.89. The van der Waals surface area contributed by atoms with E-state index in [1.807, 2.05) is 30.3 Å². The molecule has 1 saturated carbocycles. The molecule has 98 valence electrons. The van der Waals surface area contributed by atoms with Gasteiger partial charge in [0.25, 0.3) is 0 Å². The summed E-state index contributed by atoms with van der Waals surface area (Å²) in [6, 6.07) is 9.78. The van der Waals surface area contributed by atoms with Gasteiger partial charge in [-0.2, -0.15) is 5.10 Å². The van der Waals surface area contributed by atoms with Crippen molar-refractivity contribution in [2.45, 2.75) is 32.1 Å². The van der Waals surface area contributed by atoms with Crippen molar-refractivity contribution < 1.29 is 4.79 Å². The van der Waals surface area contributed by atoms with Crippen LogP contribution in [0.4, 0.5) is 0 Å². The molecular weight excluding hydrogens is 236 g/mol. The van der Waals surface area contributed by atoms with Crippen molar-refractivity contribution >= 4 is 5.78 Å². The zero-order chi connectivity index (χ0) is 13.1. The van der Waals surface area contributed by atoms with E-state index >= 15 is 0 Å². The molecule has 1 aromatic carbocycles. The van der Waals surface area contributed by atoms with E-state index < -0.39 is 0 Å². The van der Waals surface area contributed by atoms with Gasteiger partial charge in [0.2, 0.25) is 0 Å². The molecule has 1 aliphatic rings. The Labute approximate surface area is 113 Å². The van der Waals surface area contributed by atoms with Crippen molar-refractivity contribution in [2.75, 3.05) is 0 Å². The van der Waals surface area contributed by atoms with Gasteiger partial charge in [0.05, 0.1) is 5.69 Å². The minimum absolute atomic E-state index is 0.242. The third kappa shape index (κ3) is 2.60. The van der Waals surface area contributed by atoms with Gasteiger partial charge in [0.15, 0.2) is 5.78 Å². The van der Waals surface area contributed by atoms with Crippen molar-refractivity contribution in [1.29, 1.82) is 0 Å². The fourth-order valence-electron chi connectivity index (χ4n) is 2.83. The van der Waals surface area contributed by atoms with E-state index in [0.717, 1.165) is 29.7 Å². The Morgan fingerprint density at radius 1 is 1.05 bits per heavy atom. The second kappa shape index (κ2) is 5.39. The zero-order valence-electron chi connectivity index (χ0n) is 10.9. The third-order valence-electron chi connectivity index (χ3n) is 3.96. The second-order valence-electron chi connectivity index (χ2n) is 5.25. The number of carbonyl (C=O) groups excluding carboxylic acids is 1. The smallest absolute Gasteiger partial charge is 0.165 e. The van der Waals surface area contributed by atoms with Crippen molar-refractivity contribution in [1.82, 2.24) is 10.2 Å². The molecule has 0 atom stereocenters. The molecule has 0 spiro atoms. The highest BCUT2D eigenvalue weighted by atomic mass is 16.1. The van der Waals surface area contributed by atoms with Crippen LogP contribution in [-0.4, -0.2) is 16.0 Å². The van der Waals surface area contributed by atoms with Crippen LogP contribution in [0.25, 0.3) is 11.3 Å². The van der Waals surface area contributed by atoms with Gasteiger partial charge in [-0.25, -0.2) is 0 Å². The maximum Gasteiger partial charge on any atom is 0.165 e. The number of benzene rings is 1. The predicted molar refractivity (Wildman–Crippen MR) is 74.9 cm³/mol. The number of aromatic amines is 1. The van der Waals surface area contributed by atoms with Crippen LogP contribution in [0, 0.1) is 5.92 Å². The molecule has 0 bridgehead atoms. The van der Waals surface area contributed by atoms with Crippen LogP contribution in [0.2, 0.25) is 0 Å². The summed E-state index contributed by atoms with van der Waals surface area (Å²) in [7, 11) is 0. The van der Waals surface area contributed by atoms with E-state index in [0.29, 0.717) is 5.78 Å². The zero-order valence-corrected chi connectivity index (χ0v) is 10.9. The lowest BCUT2D eigenvalue weighted by atomic mass is 9.84. The van der Waals surface area contributed by atoms with Crippen LogP contribution in [0.5, 0.6) is 0 Å². The molecule has 1 heterocycles. The quantitative estimate of drug-likeness (QED) is 0.846. The maximum absolute atomic E-state index is 12.4. The molecule has 3 heteroatoms. The molecule has 2 aromatic rings. The molecule has 19 heavy (non-hydrogen) atoms. The van der Waals surface area contributed by atoms with Crippen molar-refractivity contribution in [3.63, 3.8) is 0 Å². The van der Waals surface area contributed by atoms with Gasteiger partial charge >= 0.3 is 0 Å². The third-order valence-corrected chi connectivity index (χ3v) is 3.96. The van der Waals surface area contributed by atoms with E-state index in [-0.39, 0.29) is 5.92 Å². The fraction of sp³-hybridized carbons (Fsp3) is 0.375. The second-order valence-corrected chi connectivity index (χ2v) is 5.25. The molecule has 0 saturated heterocycles. The minimum Gasteiger partial charge on any atom is -0.294 e. The molecule has 0 aliphatic heterocycles. The summed E-state index contributed by atoms with van der Waals surface area (Å²) >= 11 is 0. The number of rotatable bonds is 3. The van der Waals surface area contributed by atoms with Gasteiger partial charge in [-0.15, -0.1) is 0 Å². The largest absolute Gasteiger partial charge is 0.294 e. The molecule has 0 amide bonds. The van der Waals surface area contributed by atoms with Gasteiger partial charge in [0.1, 0.15) is 0 Å². The Morgan fingerprint density at radius 2 is 1.79 bits per heavy atom. The average molecular weight is 254 g/mol. The van der Waals surface area contributed by atoms with Gasteiger partial charge in [-0.3, -0.25) is 9.89 Å². The number of hydrogen-bond donors (Lipinski definition) is 1. The molecule has 1 N–H and O–H groups in total. The molecule has 1 fully saturated rings. The first-order valence-electron chi connectivity index (χ1n) is 6.98. The fourth-order valence-corrected chi connectivity index (χ4v) is 2.83. The number of H-pyrrole nitrogens is 1. The van der Waals surface area contributed by atoms with Crippen molar-refractivity contribution in [3.8, 4) is 11.3 Å². The Morgan fingerprint density at radius 3 is 2.42 bits per heavy atom. The van der Waals surface area contributed by atoms with Crippen LogP contribution in [0.3, 0.4) is 0 Å².